The Morgan fingerprint density at radius 2 is 1.74 bits per heavy atom. The van der Waals surface area contributed by atoms with Crippen LogP contribution < -0.4 is 0 Å². The number of morpholine rings is 1. The zero-order valence-corrected chi connectivity index (χ0v) is 16.4. The fourth-order valence-corrected chi connectivity index (χ4v) is 5.08. The van der Waals surface area contributed by atoms with Gasteiger partial charge in [0, 0.05) is 32.2 Å². The van der Waals surface area contributed by atoms with E-state index in [0.29, 0.717) is 45.9 Å². The summed E-state index contributed by atoms with van der Waals surface area (Å²) in [5.74, 6) is 0.0822. The Balaban J connectivity index is 1.36. The quantitative estimate of drug-likeness (QED) is 0.728. The number of carbonyl (C=O) groups is 2. The number of carbonyl (C=O) groups excluding carboxylic acids is 2. The highest BCUT2D eigenvalue weighted by Gasteiger charge is 2.42. The number of hydrogen-bond acceptors (Lipinski definition) is 5. The van der Waals surface area contributed by atoms with Crippen molar-refractivity contribution in [1.82, 2.24) is 14.7 Å². The van der Waals surface area contributed by atoms with Crippen LogP contribution in [-0.2, 0) is 19.1 Å². The van der Waals surface area contributed by atoms with Gasteiger partial charge in [-0.15, -0.1) is 0 Å². The minimum atomic E-state index is -0.271. The van der Waals surface area contributed by atoms with E-state index >= 15 is 0 Å². The van der Waals surface area contributed by atoms with Gasteiger partial charge in [0.25, 0.3) is 0 Å². The molecule has 7 heteroatoms. The Morgan fingerprint density at radius 1 is 1.04 bits per heavy atom. The van der Waals surface area contributed by atoms with Crippen molar-refractivity contribution in [2.24, 2.45) is 0 Å². The molecule has 1 spiro atoms. The molecular formula is C20H33N3O4. The predicted octanol–water partition coefficient (Wildman–Crippen LogP) is 0.871. The fourth-order valence-electron chi connectivity index (χ4n) is 5.08. The highest BCUT2D eigenvalue weighted by atomic mass is 16.5. The second-order valence-corrected chi connectivity index (χ2v) is 8.50. The van der Waals surface area contributed by atoms with Crippen molar-refractivity contribution in [1.29, 1.82) is 0 Å². The first-order valence-electron chi connectivity index (χ1n) is 10.7. The Kier molecular flexibility index (Phi) is 5.99. The van der Waals surface area contributed by atoms with Crippen LogP contribution in [0.1, 0.15) is 44.9 Å². The molecule has 2 amide bonds. The third kappa shape index (κ3) is 4.46. The molecule has 3 saturated heterocycles. The van der Waals surface area contributed by atoms with E-state index in [2.05, 4.69) is 4.90 Å². The Labute approximate surface area is 161 Å². The van der Waals surface area contributed by atoms with Crippen LogP contribution in [0.3, 0.4) is 0 Å². The number of rotatable bonds is 3. The normalized spacial score (nSPS) is 27.9. The molecule has 4 aliphatic rings. The molecule has 0 aromatic carbocycles. The molecule has 4 fully saturated rings. The third-order valence-corrected chi connectivity index (χ3v) is 6.80. The number of piperidine rings is 1. The summed E-state index contributed by atoms with van der Waals surface area (Å²) in [6, 6.07) is 0.744. The molecular weight excluding hydrogens is 346 g/mol. The average molecular weight is 380 g/mol. The van der Waals surface area contributed by atoms with E-state index in [0.717, 1.165) is 32.0 Å². The van der Waals surface area contributed by atoms with E-state index < -0.39 is 0 Å². The Hall–Kier alpha value is -1.18. The van der Waals surface area contributed by atoms with Gasteiger partial charge in [0.15, 0.2) is 0 Å². The highest BCUT2D eigenvalue weighted by Crippen LogP contribution is 2.33. The second-order valence-electron chi connectivity index (χ2n) is 8.50. The highest BCUT2D eigenvalue weighted by molar-refractivity contribution is 5.85. The fraction of sp³-hybridized carbons (Fsp3) is 0.900. The molecule has 0 radical (unpaired) electrons. The number of nitrogens with zero attached hydrogens (tertiary/aromatic N) is 3. The lowest BCUT2D eigenvalue weighted by atomic mass is 9.89. The van der Waals surface area contributed by atoms with Crippen molar-refractivity contribution in [3.8, 4) is 0 Å². The van der Waals surface area contributed by atoms with Crippen LogP contribution in [0.4, 0.5) is 0 Å². The van der Waals surface area contributed by atoms with Crippen molar-refractivity contribution in [3.63, 3.8) is 0 Å². The lowest BCUT2D eigenvalue weighted by Gasteiger charge is -2.44. The van der Waals surface area contributed by atoms with Crippen LogP contribution in [0.15, 0.2) is 0 Å². The molecule has 0 atom stereocenters. The smallest absolute Gasteiger partial charge is 0.242 e. The first-order chi connectivity index (χ1) is 13.2. The van der Waals surface area contributed by atoms with E-state index in [4.69, 9.17) is 9.47 Å². The van der Waals surface area contributed by atoms with Gasteiger partial charge >= 0.3 is 0 Å². The molecule has 0 bridgehead atoms. The van der Waals surface area contributed by atoms with Gasteiger partial charge in [-0.05, 0) is 25.7 Å². The molecule has 3 aliphatic heterocycles. The Bertz CT molecular complexity index is 535. The summed E-state index contributed by atoms with van der Waals surface area (Å²) in [6.07, 6.45) is 7.66. The van der Waals surface area contributed by atoms with Gasteiger partial charge in [0.1, 0.15) is 0 Å². The topological polar surface area (TPSA) is 62.3 Å². The van der Waals surface area contributed by atoms with Gasteiger partial charge in [0.2, 0.25) is 11.8 Å². The van der Waals surface area contributed by atoms with Gasteiger partial charge < -0.3 is 24.2 Å². The van der Waals surface area contributed by atoms with Gasteiger partial charge in [0.05, 0.1) is 44.9 Å². The second kappa shape index (κ2) is 8.45. The monoisotopic (exact) mass is 379 g/mol. The lowest BCUT2D eigenvalue weighted by molar-refractivity contribution is -0.144. The summed E-state index contributed by atoms with van der Waals surface area (Å²) in [6.45, 7) is 5.72. The molecule has 7 nitrogen and oxygen atoms in total. The maximum Gasteiger partial charge on any atom is 0.242 e. The maximum absolute atomic E-state index is 12.6. The van der Waals surface area contributed by atoms with E-state index in [1.807, 2.05) is 4.90 Å². The van der Waals surface area contributed by atoms with E-state index in [1.54, 1.807) is 4.90 Å². The molecule has 0 aromatic heterocycles. The summed E-state index contributed by atoms with van der Waals surface area (Å²) >= 11 is 0. The molecule has 152 valence electrons. The van der Waals surface area contributed by atoms with Gasteiger partial charge in [-0.2, -0.15) is 0 Å². The lowest BCUT2D eigenvalue weighted by Crippen LogP contribution is -2.55. The predicted molar refractivity (Wildman–Crippen MR) is 100 cm³/mol. The van der Waals surface area contributed by atoms with Crippen LogP contribution >= 0.6 is 0 Å². The van der Waals surface area contributed by atoms with Gasteiger partial charge in [-0.25, -0.2) is 0 Å². The van der Waals surface area contributed by atoms with Crippen LogP contribution in [0.2, 0.25) is 0 Å². The van der Waals surface area contributed by atoms with Crippen LogP contribution in [0.25, 0.3) is 0 Å². The summed E-state index contributed by atoms with van der Waals surface area (Å²) < 4.78 is 11.6. The zero-order valence-electron chi connectivity index (χ0n) is 16.4. The largest absolute Gasteiger partial charge is 0.378 e. The molecule has 27 heavy (non-hydrogen) atoms. The van der Waals surface area contributed by atoms with Crippen LogP contribution in [0, 0.1) is 0 Å². The molecule has 0 unspecified atom stereocenters. The van der Waals surface area contributed by atoms with Crippen LogP contribution in [0.5, 0.6) is 0 Å². The average Bonchev–Trinajstić information content (AvgIpc) is 3.19. The molecule has 0 aromatic rings. The van der Waals surface area contributed by atoms with Crippen molar-refractivity contribution in [2.75, 3.05) is 59.1 Å². The summed E-state index contributed by atoms with van der Waals surface area (Å²) in [7, 11) is 0. The molecule has 0 N–H and O–H groups in total. The number of ether oxygens (including phenoxy) is 2. The van der Waals surface area contributed by atoms with Crippen molar-refractivity contribution >= 4 is 11.8 Å². The van der Waals surface area contributed by atoms with E-state index in [1.165, 1.54) is 25.7 Å². The number of likely N-dealkylation sites (tertiary alicyclic amines) is 1. The van der Waals surface area contributed by atoms with Crippen molar-refractivity contribution < 1.29 is 19.1 Å². The summed E-state index contributed by atoms with van der Waals surface area (Å²) in [4.78, 5) is 31.4. The van der Waals surface area contributed by atoms with Gasteiger partial charge in [-0.3, -0.25) is 9.59 Å². The van der Waals surface area contributed by atoms with Crippen molar-refractivity contribution in [2.45, 2.75) is 56.6 Å². The Morgan fingerprint density at radius 3 is 2.44 bits per heavy atom. The molecule has 3 heterocycles. The first kappa shape index (κ1) is 19.2. The van der Waals surface area contributed by atoms with Crippen molar-refractivity contribution in [3.05, 3.63) is 0 Å². The maximum atomic E-state index is 12.6. The first-order valence-corrected chi connectivity index (χ1v) is 10.7. The molecule has 4 rings (SSSR count). The summed E-state index contributed by atoms with van der Waals surface area (Å²) in [5, 5.41) is 0. The molecule has 1 saturated carbocycles. The third-order valence-electron chi connectivity index (χ3n) is 6.80. The van der Waals surface area contributed by atoms with Gasteiger partial charge in [-0.1, -0.05) is 12.8 Å². The van der Waals surface area contributed by atoms with E-state index in [9.17, 15) is 9.59 Å². The zero-order chi connectivity index (χ0) is 18.7. The summed E-state index contributed by atoms with van der Waals surface area (Å²) in [5.41, 5.74) is -0.271. The molecule has 1 aliphatic carbocycles. The number of amides is 2. The number of hydrogen-bond donors (Lipinski definition) is 0. The van der Waals surface area contributed by atoms with Crippen LogP contribution in [-0.4, -0.2) is 97.2 Å². The van der Waals surface area contributed by atoms with E-state index in [-0.39, 0.29) is 24.0 Å². The minimum absolute atomic E-state index is 0.0343. The standard InChI is InChI=1S/C20H33N3O4/c24-18-5-12-27-20(6-8-21(9-7-20)17-3-1-2-4-17)16-23(18)15-19(25)22-10-13-26-14-11-22/h17H,1-16H2. The SMILES string of the molecule is O=C(CN1CC2(CCN(C3CCCC3)CC2)OCCC1=O)N1CCOCC1. The minimum Gasteiger partial charge on any atom is -0.378 e.